The van der Waals surface area contributed by atoms with E-state index in [1.807, 2.05) is 30.3 Å². The maximum atomic E-state index is 9.02. The SMILES string of the molecule is N#Cc1ccc(Cl)cc1Sc1ccc(Br)cc1. The maximum Gasteiger partial charge on any atom is 0.100 e. The van der Waals surface area contributed by atoms with Crippen LogP contribution in [0, 0.1) is 11.3 Å². The minimum absolute atomic E-state index is 0.641. The second-order valence-corrected chi connectivity index (χ2v) is 5.78. The second-order valence-electron chi connectivity index (χ2n) is 3.31. The predicted octanol–water partition coefficient (Wildman–Crippen LogP) is 5.13. The van der Waals surface area contributed by atoms with Crippen LogP contribution in [-0.4, -0.2) is 0 Å². The molecule has 0 N–H and O–H groups in total. The third-order valence-electron chi connectivity index (χ3n) is 2.11. The van der Waals surface area contributed by atoms with Crippen molar-refractivity contribution in [2.75, 3.05) is 0 Å². The molecule has 0 heterocycles. The fourth-order valence-corrected chi connectivity index (χ4v) is 2.74. The van der Waals surface area contributed by atoms with E-state index in [2.05, 4.69) is 22.0 Å². The number of benzene rings is 2. The van der Waals surface area contributed by atoms with E-state index in [9.17, 15) is 0 Å². The van der Waals surface area contributed by atoms with Crippen molar-refractivity contribution in [2.45, 2.75) is 9.79 Å². The summed E-state index contributed by atoms with van der Waals surface area (Å²) in [6.07, 6.45) is 0. The van der Waals surface area contributed by atoms with E-state index in [-0.39, 0.29) is 0 Å². The number of nitriles is 1. The molecule has 0 fully saturated rings. The predicted molar refractivity (Wildman–Crippen MR) is 74.4 cm³/mol. The molecule has 0 amide bonds. The molecular weight excluding hydrogens is 318 g/mol. The molecular formula is C13H7BrClNS. The molecule has 0 saturated heterocycles. The van der Waals surface area contributed by atoms with Gasteiger partial charge in [-0.15, -0.1) is 0 Å². The van der Waals surface area contributed by atoms with E-state index in [1.165, 1.54) is 11.8 Å². The second kappa shape index (κ2) is 5.59. The highest BCUT2D eigenvalue weighted by atomic mass is 79.9. The van der Waals surface area contributed by atoms with Gasteiger partial charge in [0.2, 0.25) is 0 Å². The van der Waals surface area contributed by atoms with Crippen molar-refractivity contribution in [3.8, 4) is 6.07 Å². The molecule has 0 spiro atoms. The van der Waals surface area contributed by atoms with Crippen molar-refractivity contribution in [1.82, 2.24) is 0 Å². The van der Waals surface area contributed by atoms with Crippen LogP contribution in [0.1, 0.15) is 5.56 Å². The lowest BCUT2D eigenvalue weighted by molar-refractivity contribution is 1.35. The van der Waals surface area contributed by atoms with Gasteiger partial charge in [-0.05, 0) is 42.5 Å². The number of hydrogen-bond acceptors (Lipinski definition) is 2. The summed E-state index contributed by atoms with van der Waals surface area (Å²) in [7, 11) is 0. The van der Waals surface area contributed by atoms with Gasteiger partial charge < -0.3 is 0 Å². The molecule has 0 aliphatic rings. The summed E-state index contributed by atoms with van der Waals surface area (Å²) in [6, 6.07) is 15.4. The fraction of sp³-hybridized carbons (Fsp3) is 0. The lowest BCUT2D eigenvalue weighted by Gasteiger charge is -2.04. The number of nitrogens with zero attached hydrogens (tertiary/aromatic N) is 1. The third kappa shape index (κ3) is 3.26. The van der Waals surface area contributed by atoms with Crippen molar-refractivity contribution in [1.29, 1.82) is 5.26 Å². The van der Waals surface area contributed by atoms with Crippen LogP contribution in [0.3, 0.4) is 0 Å². The molecule has 17 heavy (non-hydrogen) atoms. The number of hydrogen-bond donors (Lipinski definition) is 0. The molecule has 2 rings (SSSR count). The van der Waals surface area contributed by atoms with Crippen LogP contribution < -0.4 is 0 Å². The number of halogens is 2. The minimum Gasteiger partial charge on any atom is -0.192 e. The van der Waals surface area contributed by atoms with Gasteiger partial charge in [0, 0.05) is 19.3 Å². The molecule has 2 aromatic carbocycles. The molecule has 0 unspecified atom stereocenters. The summed E-state index contributed by atoms with van der Waals surface area (Å²) in [5.74, 6) is 0. The van der Waals surface area contributed by atoms with Gasteiger partial charge in [-0.2, -0.15) is 5.26 Å². The van der Waals surface area contributed by atoms with E-state index < -0.39 is 0 Å². The Bertz CT molecular complexity index is 575. The molecule has 0 aliphatic heterocycles. The Morgan fingerprint density at radius 3 is 2.47 bits per heavy atom. The molecule has 0 atom stereocenters. The van der Waals surface area contributed by atoms with E-state index in [0.29, 0.717) is 10.6 Å². The van der Waals surface area contributed by atoms with Crippen molar-refractivity contribution < 1.29 is 0 Å². The zero-order chi connectivity index (χ0) is 12.3. The summed E-state index contributed by atoms with van der Waals surface area (Å²) in [5.41, 5.74) is 0.641. The summed E-state index contributed by atoms with van der Waals surface area (Å²) < 4.78 is 1.04. The molecule has 4 heteroatoms. The van der Waals surface area contributed by atoms with Gasteiger partial charge in [0.15, 0.2) is 0 Å². The average Bonchev–Trinajstić information content (AvgIpc) is 2.32. The van der Waals surface area contributed by atoms with Crippen LogP contribution >= 0.6 is 39.3 Å². The Balaban J connectivity index is 2.32. The highest BCUT2D eigenvalue weighted by molar-refractivity contribution is 9.10. The van der Waals surface area contributed by atoms with Crippen LogP contribution in [0.15, 0.2) is 56.7 Å². The Kier molecular flexibility index (Phi) is 4.11. The molecule has 0 radical (unpaired) electrons. The molecule has 0 aliphatic carbocycles. The van der Waals surface area contributed by atoms with E-state index in [0.717, 1.165) is 14.3 Å². The third-order valence-corrected chi connectivity index (χ3v) is 3.93. The molecule has 0 aromatic heterocycles. The van der Waals surface area contributed by atoms with Gasteiger partial charge in [0.05, 0.1) is 5.56 Å². The molecule has 0 saturated carbocycles. The Hall–Kier alpha value is -0.950. The van der Waals surface area contributed by atoms with Crippen molar-refractivity contribution in [3.05, 3.63) is 57.5 Å². The first-order chi connectivity index (χ1) is 8.19. The Labute approximate surface area is 118 Å². The molecule has 84 valence electrons. The van der Waals surface area contributed by atoms with Crippen molar-refractivity contribution >= 4 is 39.3 Å². The van der Waals surface area contributed by atoms with Crippen LogP contribution in [0.2, 0.25) is 5.02 Å². The fourth-order valence-electron chi connectivity index (χ4n) is 1.30. The normalized spacial score (nSPS) is 9.94. The van der Waals surface area contributed by atoms with Gasteiger partial charge >= 0.3 is 0 Å². The van der Waals surface area contributed by atoms with Crippen LogP contribution in [0.5, 0.6) is 0 Å². The first-order valence-corrected chi connectivity index (χ1v) is 6.81. The van der Waals surface area contributed by atoms with Gasteiger partial charge in [-0.3, -0.25) is 0 Å². The first-order valence-electron chi connectivity index (χ1n) is 4.82. The smallest absolute Gasteiger partial charge is 0.100 e. The lowest BCUT2D eigenvalue weighted by Crippen LogP contribution is -1.81. The zero-order valence-electron chi connectivity index (χ0n) is 8.65. The summed E-state index contributed by atoms with van der Waals surface area (Å²) in [4.78, 5) is 1.95. The molecule has 2 aromatic rings. The minimum atomic E-state index is 0.641. The monoisotopic (exact) mass is 323 g/mol. The maximum absolute atomic E-state index is 9.02. The van der Waals surface area contributed by atoms with E-state index in [4.69, 9.17) is 16.9 Å². The van der Waals surface area contributed by atoms with E-state index in [1.54, 1.807) is 12.1 Å². The van der Waals surface area contributed by atoms with Crippen LogP contribution in [-0.2, 0) is 0 Å². The Morgan fingerprint density at radius 1 is 1.12 bits per heavy atom. The largest absolute Gasteiger partial charge is 0.192 e. The van der Waals surface area contributed by atoms with Crippen molar-refractivity contribution in [3.63, 3.8) is 0 Å². The highest BCUT2D eigenvalue weighted by Gasteiger charge is 2.05. The zero-order valence-corrected chi connectivity index (χ0v) is 11.8. The van der Waals surface area contributed by atoms with Gasteiger partial charge in [-0.25, -0.2) is 0 Å². The molecule has 1 nitrogen and oxygen atoms in total. The highest BCUT2D eigenvalue weighted by Crippen LogP contribution is 2.32. The summed E-state index contributed by atoms with van der Waals surface area (Å²) in [6.45, 7) is 0. The van der Waals surface area contributed by atoms with Gasteiger partial charge in [-0.1, -0.05) is 39.3 Å². The quantitative estimate of drug-likeness (QED) is 0.765. The topological polar surface area (TPSA) is 23.8 Å². The van der Waals surface area contributed by atoms with Gasteiger partial charge in [0.25, 0.3) is 0 Å². The lowest BCUT2D eigenvalue weighted by atomic mass is 10.2. The first kappa shape index (κ1) is 12.5. The van der Waals surface area contributed by atoms with Gasteiger partial charge in [0.1, 0.15) is 6.07 Å². The van der Waals surface area contributed by atoms with E-state index >= 15 is 0 Å². The van der Waals surface area contributed by atoms with Crippen LogP contribution in [0.4, 0.5) is 0 Å². The summed E-state index contributed by atoms with van der Waals surface area (Å²) >= 11 is 10.9. The molecule has 0 bridgehead atoms. The number of rotatable bonds is 2. The van der Waals surface area contributed by atoms with Crippen molar-refractivity contribution in [2.24, 2.45) is 0 Å². The Morgan fingerprint density at radius 2 is 1.82 bits per heavy atom. The average molecular weight is 325 g/mol. The summed E-state index contributed by atoms with van der Waals surface area (Å²) in [5, 5.41) is 9.66. The standard InChI is InChI=1S/C13H7BrClNS/c14-10-2-5-12(6-3-10)17-13-7-11(15)4-1-9(13)8-16/h1-7H. The van der Waals surface area contributed by atoms with Crippen LogP contribution in [0.25, 0.3) is 0 Å².